The van der Waals surface area contributed by atoms with Crippen LogP contribution in [0, 0.1) is 0 Å². The number of nitrogens with zero attached hydrogens (tertiary/aromatic N) is 1. The van der Waals surface area contributed by atoms with Gasteiger partial charge in [0.25, 0.3) is 0 Å². The van der Waals surface area contributed by atoms with Gasteiger partial charge in [-0.25, -0.2) is 4.79 Å². The summed E-state index contributed by atoms with van der Waals surface area (Å²) in [6, 6.07) is 15.3. The summed E-state index contributed by atoms with van der Waals surface area (Å²) in [5, 5.41) is 12.1. The van der Waals surface area contributed by atoms with E-state index in [0.717, 1.165) is 26.1 Å². The van der Waals surface area contributed by atoms with Crippen LogP contribution in [0.1, 0.15) is 33.5 Å². The zero-order valence-electron chi connectivity index (χ0n) is 14.8. The molecule has 2 aromatic rings. The second kappa shape index (κ2) is 8.63. The third kappa shape index (κ3) is 4.70. The first-order valence-corrected chi connectivity index (χ1v) is 9.00. The lowest BCUT2D eigenvalue weighted by atomic mass is 10.00. The summed E-state index contributed by atoms with van der Waals surface area (Å²) in [7, 11) is 0. The molecule has 1 amide bonds. The summed E-state index contributed by atoms with van der Waals surface area (Å²) in [5.41, 5.74) is 3.76. The SMILES string of the molecule is O=C(CCc1ccccc1C(=O)O)NCCN1CCc2ccccc2C1. The molecule has 1 aliphatic rings. The summed E-state index contributed by atoms with van der Waals surface area (Å²) in [6.45, 7) is 3.38. The summed E-state index contributed by atoms with van der Waals surface area (Å²) in [5.74, 6) is -0.992. The van der Waals surface area contributed by atoms with Crippen molar-refractivity contribution in [2.75, 3.05) is 19.6 Å². The Balaban J connectivity index is 1.41. The van der Waals surface area contributed by atoms with Gasteiger partial charge in [0.2, 0.25) is 5.91 Å². The van der Waals surface area contributed by atoms with Crippen LogP contribution in [0.2, 0.25) is 0 Å². The van der Waals surface area contributed by atoms with Crippen molar-refractivity contribution in [1.29, 1.82) is 0 Å². The molecule has 5 heteroatoms. The number of amides is 1. The van der Waals surface area contributed by atoms with Gasteiger partial charge in [0, 0.05) is 32.6 Å². The fourth-order valence-corrected chi connectivity index (χ4v) is 3.38. The molecule has 0 bridgehead atoms. The highest BCUT2D eigenvalue weighted by Gasteiger charge is 2.15. The first-order valence-electron chi connectivity index (χ1n) is 9.00. The minimum absolute atomic E-state index is 0.0393. The maximum Gasteiger partial charge on any atom is 0.335 e. The first-order chi connectivity index (χ1) is 12.6. The topological polar surface area (TPSA) is 69.6 Å². The van der Waals surface area contributed by atoms with E-state index in [4.69, 9.17) is 0 Å². The average Bonchev–Trinajstić information content (AvgIpc) is 2.66. The van der Waals surface area contributed by atoms with Gasteiger partial charge in [0.05, 0.1) is 5.56 Å². The lowest BCUT2D eigenvalue weighted by molar-refractivity contribution is -0.121. The van der Waals surface area contributed by atoms with Crippen LogP contribution >= 0.6 is 0 Å². The molecule has 1 aliphatic heterocycles. The Bertz CT molecular complexity index is 788. The molecule has 0 unspecified atom stereocenters. The Labute approximate surface area is 153 Å². The molecule has 0 aromatic heterocycles. The lowest BCUT2D eigenvalue weighted by Crippen LogP contribution is -2.37. The van der Waals surface area contributed by atoms with E-state index in [2.05, 4.69) is 34.5 Å². The summed E-state index contributed by atoms with van der Waals surface area (Å²) in [4.78, 5) is 25.6. The maximum atomic E-state index is 12.1. The van der Waals surface area contributed by atoms with Crippen LogP contribution < -0.4 is 5.32 Å². The Kier molecular flexibility index (Phi) is 6.02. The molecule has 26 heavy (non-hydrogen) atoms. The molecule has 3 rings (SSSR count). The molecule has 0 aliphatic carbocycles. The quantitative estimate of drug-likeness (QED) is 0.803. The summed E-state index contributed by atoms with van der Waals surface area (Å²) < 4.78 is 0. The number of carbonyl (C=O) groups is 2. The van der Waals surface area contributed by atoms with E-state index in [1.165, 1.54) is 11.1 Å². The molecule has 0 atom stereocenters. The van der Waals surface area contributed by atoms with Crippen LogP contribution in [-0.2, 0) is 24.2 Å². The molecular weight excluding hydrogens is 328 g/mol. The van der Waals surface area contributed by atoms with Crippen molar-refractivity contribution in [2.24, 2.45) is 0 Å². The molecule has 0 fully saturated rings. The van der Waals surface area contributed by atoms with Gasteiger partial charge in [-0.05, 0) is 35.6 Å². The molecule has 1 heterocycles. The van der Waals surface area contributed by atoms with Gasteiger partial charge >= 0.3 is 5.97 Å². The number of carboxylic acids is 1. The number of carbonyl (C=O) groups excluding carboxylic acids is 1. The van der Waals surface area contributed by atoms with Gasteiger partial charge in [0.1, 0.15) is 0 Å². The van der Waals surface area contributed by atoms with E-state index in [9.17, 15) is 14.7 Å². The molecule has 136 valence electrons. The van der Waals surface area contributed by atoms with E-state index >= 15 is 0 Å². The number of fused-ring (bicyclic) bond motifs is 1. The minimum Gasteiger partial charge on any atom is -0.478 e. The fraction of sp³-hybridized carbons (Fsp3) is 0.333. The van der Waals surface area contributed by atoms with Crippen LogP contribution in [0.4, 0.5) is 0 Å². The number of hydrogen-bond donors (Lipinski definition) is 2. The number of aryl methyl sites for hydroxylation is 1. The van der Waals surface area contributed by atoms with Gasteiger partial charge < -0.3 is 10.4 Å². The molecule has 5 nitrogen and oxygen atoms in total. The van der Waals surface area contributed by atoms with Crippen LogP contribution in [0.5, 0.6) is 0 Å². The molecule has 0 spiro atoms. The minimum atomic E-state index is -0.952. The lowest BCUT2D eigenvalue weighted by Gasteiger charge is -2.28. The zero-order valence-corrected chi connectivity index (χ0v) is 14.8. The molecule has 0 radical (unpaired) electrons. The molecule has 2 aromatic carbocycles. The van der Waals surface area contributed by atoms with Crippen molar-refractivity contribution in [3.8, 4) is 0 Å². The molecule has 2 N–H and O–H groups in total. The van der Waals surface area contributed by atoms with Crippen molar-refractivity contribution in [2.45, 2.75) is 25.8 Å². The normalized spacial score (nSPS) is 13.8. The van der Waals surface area contributed by atoms with Crippen LogP contribution in [0.15, 0.2) is 48.5 Å². The van der Waals surface area contributed by atoms with Gasteiger partial charge in [-0.3, -0.25) is 9.69 Å². The average molecular weight is 352 g/mol. The van der Waals surface area contributed by atoms with Crippen LogP contribution in [0.25, 0.3) is 0 Å². The van der Waals surface area contributed by atoms with Crippen molar-refractivity contribution < 1.29 is 14.7 Å². The number of aromatic carboxylic acids is 1. The second-order valence-electron chi connectivity index (χ2n) is 6.61. The molecule has 0 saturated heterocycles. The van der Waals surface area contributed by atoms with Crippen molar-refractivity contribution in [1.82, 2.24) is 10.2 Å². The van der Waals surface area contributed by atoms with Crippen molar-refractivity contribution in [3.05, 3.63) is 70.8 Å². The van der Waals surface area contributed by atoms with Crippen LogP contribution in [-0.4, -0.2) is 41.5 Å². The van der Waals surface area contributed by atoms with Gasteiger partial charge in [-0.2, -0.15) is 0 Å². The van der Waals surface area contributed by atoms with E-state index in [1.54, 1.807) is 24.3 Å². The first kappa shape index (κ1) is 18.1. The van der Waals surface area contributed by atoms with Gasteiger partial charge in [0.15, 0.2) is 0 Å². The zero-order chi connectivity index (χ0) is 18.4. The van der Waals surface area contributed by atoms with E-state index in [1.807, 2.05) is 0 Å². The highest BCUT2D eigenvalue weighted by atomic mass is 16.4. The number of carboxylic acid groups (broad SMARTS) is 1. The number of nitrogens with one attached hydrogen (secondary N) is 1. The van der Waals surface area contributed by atoms with E-state index in [-0.39, 0.29) is 11.5 Å². The standard InChI is InChI=1S/C21H24N2O3/c24-20(10-9-17-6-3-4-8-19(17)21(25)26)22-12-14-23-13-11-16-5-1-2-7-18(16)15-23/h1-8H,9-15H2,(H,22,24)(H,25,26). The Morgan fingerprint density at radius 2 is 1.77 bits per heavy atom. The predicted molar refractivity (Wildman–Crippen MR) is 100 cm³/mol. The molecule has 0 saturated carbocycles. The number of hydrogen-bond acceptors (Lipinski definition) is 3. The Morgan fingerprint density at radius 1 is 1.04 bits per heavy atom. The predicted octanol–water partition coefficient (Wildman–Crippen LogP) is 2.49. The van der Waals surface area contributed by atoms with Crippen molar-refractivity contribution in [3.63, 3.8) is 0 Å². The smallest absolute Gasteiger partial charge is 0.335 e. The number of rotatable bonds is 7. The second-order valence-corrected chi connectivity index (χ2v) is 6.61. The summed E-state index contributed by atoms with van der Waals surface area (Å²) in [6.07, 6.45) is 1.79. The Hall–Kier alpha value is -2.66. The van der Waals surface area contributed by atoms with E-state index < -0.39 is 5.97 Å². The Morgan fingerprint density at radius 3 is 2.58 bits per heavy atom. The third-order valence-electron chi connectivity index (χ3n) is 4.83. The highest BCUT2D eigenvalue weighted by molar-refractivity contribution is 5.89. The monoisotopic (exact) mass is 352 g/mol. The molecular formula is C21H24N2O3. The van der Waals surface area contributed by atoms with E-state index in [0.29, 0.717) is 24.9 Å². The third-order valence-corrected chi connectivity index (χ3v) is 4.83. The largest absolute Gasteiger partial charge is 0.478 e. The highest BCUT2D eigenvalue weighted by Crippen LogP contribution is 2.17. The van der Waals surface area contributed by atoms with Crippen molar-refractivity contribution >= 4 is 11.9 Å². The number of benzene rings is 2. The van der Waals surface area contributed by atoms with Gasteiger partial charge in [-0.15, -0.1) is 0 Å². The maximum absolute atomic E-state index is 12.1. The van der Waals surface area contributed by atoms with Gasteiger partial charge in [-0.1, -0.05) is 42.5 Å². The van der Waals surface area contributed by atoms with Crippen LogP contribution in [0.3, 0.4) is 0 Å². The fourth-order valence-electron chi connectivity index (χ4n) is 3.38. The summed E-state index contributed by atoms with van der Waals surface area (Å²) >= 11 is 0.